The molecule has 146 valence electrons. The molecule has 0 spiro atoms. The van der Waals surface area contributed by atoms with Gasteiger partial charge in [-0.05, 0) is 61.5 Å². The van der Waals surface area contributed by atoms with Crippen LogP contribution in [0, 0.1) is 0 Å². The van der Waals surface area contributed by atoms with Crippen LogP contribution in [-0.2, 0) is 16.1 Å². The van der Waals surface area contributed by atoms with Crippen molar-refractivity contribution in [2.75, 3.05) is 13.2 Å². The van der Waals surface area contributed by atoms with Gasteiger partial charge in [-0.2, -0.15) is 0 Å². The Bertz CT molecular complexity index is 903. The van der Waals surface area contributed by atoms with Gasteiger partial charge in [0.25, 0.3) is 5.91 Å². The van der Waals surface area contributed by atoms with E-state index in [0.29, 0.717) is 39.6 Å². The Hall–Kier alpha value is -2.35. The molecule has 2 aliphatic heterocycles. The number of halogens is 1. The lowest BCUT2D eigenvalue weighted by Gasteiger charge is -2.18. The van der Waals surface area contributed by atoms with Gasteiger partial charge >= 0.3 is 0 Å². The van der Waals surface area contributed by atoms with Crippen molar-refractivity contribution in [3.63, 3.8) is 0 Å². The summed E-state index contributed by atoms with van der Waals surface area (Å²) in [6.07, 6.45) is 3.66. The minimum atomic E-state index is -0.170. The van der Waals surface area contributed by atoms with Crippen molar-refractivity contribution in [2.24, 2.45) is 0 Å². The Balaban J connectivity index is 1.38. The van der Waals surface area contributed by atoms with Gasteiger partial charge in [-0.3, -0.25) is 9.69 Å². The number of ether oxygens (including phenoxy) is 2. The minimum absolute atomic E-state index is 0.0447. The van der Waals surface area contributed by atoms with Crippen molar-refractivity contribution in [2.45, 2.75) is 25.6 Å². The minimum Gasteiger partial charge on any atom is -0.486 e. The summed E-state index contributed by atoms with van der Waals surface area (Å²) < 4.78 is 17.0. The van der Waals surface area contributed by atoms with Crippen LogP contribution >= 0.6 is 23.8 Å². The van der Waals surface area contributed by atoms with Crippen molar-refractivity contribution < 1.29 is 18.7 Å². The molecule has 0 bridgehead atoms. The quantitative estimate of drug-likeness (QED) is 0.569. The summed E-state index contributed by atoms with van der Waals surface area (Å²) in [5.74, 6) is 1.72. The number of hydrogen-bond donors (Lipinski definition) is 1. The zero-order chi connectivity index (χ0) is 19.5. The highest BCUT2D eigenvalue weighted by Gasteiger charge is 2.33. The predicted octanol–water partition coefficient (Wildman–Crippen LogP) is 3.75. The zero-order valence-electron chi connectivity index (χ0n) is 15.0. The van der Waals surface area contributed by atoms with E-state index in [1.807, 2.05) is 6.07 Å². The van der Waals surface area contributed by atoms with Crippen molar-refractivity contribution >= 4 is 40.9 Å². The lowest BCUT2D eigenvalue weighted by Crippen LogP contribution is -2.37. The molecular weight excluding hydrogens is 400 g/mol. The Morgan fingerprint density at radius 1 is 1.29 bits per heavy atom. The van der Waals surface area contributed by atoms with Gasteiger partial charge in [-0.25, -0.2) is 0 Å². The highest BCUT2D eigenvalue weighted by Crippen LogP contribution is 2.21. The van der Waals surface area contributed by atoms with E-state index in [0.717, 1.165) is 19.4 Å². The number of nitrogens with one attached hydrogen (secondary N) is 1. The van der Waals surface area contributed by atoms with Gasteiger partial charge in [-0.1, -0.05) is 11.6 Å². The van der Waals surface area contributed by atoms with Crippen LogP contribution in [0.2, 0.25) is 5.02 Å². The standard InChI is InChI=1S/C20H19ClN2O4S/c21-13-3-5-14(6-4-13)26-12-17-8-7-15(27-17)10-18-19(24)23(20(28)22-18)11-16-2-1-9-25-16/h3-8,10,16H,1-2,9,11-12H2,(H,22,28)/b18-10+. The van der Waals surface area contributed by atoms with E-state index in [4.69, 9.17) is 37.7 Å². The van der Waals surface area contributed by atoms with E-state index in [1.54, 1.807) is 41.3 Å². The molecule has 3 heterocycles. The Labute approximate surface area is 173 Å². The van der Waals surface area contributed by atoms with Crippen LogP contribution < -0.4 is 10.1 Å². The van der Waals surface area contributed by atoms with Crippen molar-refractivity contribution in [1.29, 1.82) is 0 Å². The molecule has 2 fully saturated rings. The van der Waals surface area contributed by atoms with Gasteiger partial charge in [-0.15, -0.1) is 0 Å². The van der Waals surface area contributed by atoms with Crippen LogP contribution in [0.25, 0.3) is 6.08 Å². The first kappa shape index (κ1) is 19.0. The Kier molecular flexibility index (Phi) is 5.66. The van der Waals surface area contributed by atoms with E-state index in [9.17, 15) is 4.79 Å². The number of furan rings is 1. The molecule has 1 N–H and O–H groups in total. The summed E-state index contributed by atoms with van der Waals surface area (Å²) >= 11 is 11.2. The monoisotopic (exact) mass is 418 g/mol. The second-order valence-electron chi connectivity index (χ2n) is 6.59. The number of rotatable bonds is 6. The summed E-state index contributed by atoms with van der Waals surface area (Å²) in [6, 6.07) is 10.7. The van der Waals surface area contributed by atoms with Gasteiger partial charge in [0, 0.05) is 17.7 Å². The molecule has 2 saturated heterocycles. The van der Waals surface area contributed by atoms with Gasteiger partial charge in [0.2, 0.25) is 0 Å². The van der Waals surface area contributed by atoms with Gasteiger partial charge in [0.15, 0.2) is 5.11 Å². The third-order valence-corrected chi connectivity index (χ3v) is 5.11. The maximum absolute atomic E-state index is 12.6. The van der Waals surface area contributed by atoms with E-state index in [1.165, 1.54) is 0 Å². The highest BCUT2D eigenvalue weighted by atomic mass is 35.5. The molecule has 2 aromatic rings. The summed E-state index contributed by atoms with van der Waals surface area (Å²) in [7, 11) is 0. The maximum Gasteiger partial charge on any atom is 0.276 e. The second kappa shape index (κ2) is 8.34. The van der Waals surface area contributed by atoms with Crippen molar-refractivity contribution in [3.8, 4) is 5.75 Å². The number of nitrogens with zero attached hydrogens (tertiary/aromatic N) is 1. The van der Waals surface area contributed by atoms with Crippen molar-refractivity contribution in [3.05, 3.63) is 58.6 Å². The number of thiocarbonyl (C=S) groups is 1. The molecule has 1 unspecified atom stereocenters. The number of carbonyl (C=O) groups is 1. The van der Waals surface area contributed by atoms with Crippen LogP contribution in [-0.4, -0.2) is 35.2 Å². The number of amides is 1. The van der Waals surface area contributed by atoms with Crippen LogP contribution in [0.5, 0.6) is 5.75 Å². The molecule has 0 saturated carbocycles. The average Bonchev–Trinajstić information content (AvgIpc) is 3.41. The Morgan fingerprint density at radius 2 is 2.11 bits per heavy atom. The molecule has 4 rings (SSSR count). The fourth-order valence-corrected chi connectivity index (χ4v) is 3.50. The first-order valence-electron chi connectivity index (χ1n) is 9.02. The number of carbonyl (C=O) groups excluding carboxylic acids is 1. The number of benzene rings is 1. The molecule has 1 aromatic heterocycles. The summed E-state index contributed by atoms with van der Waals surface area (Å²) in [4.78, 5) is 14.2. The summed E-state index contributed by atoms with van der Waals surface area (Å²) in [5, 5.41) is 4.00. The predicted molar refractivity (Wildman–Crippen MR) is 109 cm³/mol. The molecule has 2 aliphatic rings. The van der Waals surface area contributed by atoms with Gasteiger partial charge in [0.1, 0.15) is 29.6 Å². The van der Waals surface area contributed by atoms with Crippen LogP contribution in [0.15, 0.2) is 46.5 Å². The molecule has 28 heavy (non-hydrogen) atoms. The van der Waals surface area contributed by atoms with E-state index >= 15 is 0 Å². The van der Waals surface area contributed by atoms with E-state index in [-0.39, 0.29) is 18.6 Å². The van der Waals surface area contributed by atoms with Gasteiger partial charge < -0.3 is 19.2 Å². The van der Waals surface area contributed by atoms with Gasteiger partial charge in [0.05, 0.1) is 12.6 Å². The number of hydrogen-bond acceptors (Lipinski definition) is 5. The summed E-state index contributed by atoms with van der Waals surface area (Å²) in [5.41, 5.74) is 0.391. The lowest BCUT2D eigenvalue weighted by molar-refractivity contribution is -0.123. The molecule has 0 aliphatic carbocycles. The molecule has 1 amide bonds. The van der Waals surface area contributed by atoms with Crippen LogP contribution in [0.1, 0.15) is 24.4 Å². The molecule has 1 aromatic carbocycles. The molecule has 1 atom stereocenters. The van der Waals surface area contributed by atoms with Crippen LogP contribution in [0.3, 0.4) is 0 Å². The maximum atomic E-state index is 12.6. The zero-order valence-corrected chi connectivity index (χ0v) is 16.6. The SMILES string of the molecule is O=C1/C(=C\c2ccc(COc3ccc(Cl)cc3)o2)NC(=S)N1CC1CCCO1. The fraction of sp³-hybridized carbons (Fsp3) is 0.300. The molecule has 8 heteroatoms. The summed E-state index contributed by atoms with van der Waals surface area (Å²) in [6.45, 7) is 1.49. The average molecular weight is 419 g/mol. The van der Waals surface area contributed by atoms with E-state index < -0.39 is 0 Å². The lowest BCUT2D eigenvalue weighted by atomic mass is 10.2. The largest absolute Gasteiger partial charge is 0.486 e. The highest BCUT2D eigenvalue weighted by molar-refractivity contribution is 7.80. The third-order valence-electron chi connectivity index (χ3n) is 4.54. The molecule has 0 radical (unpaired) electrons. The second-order valence-corrected chi connectivity index (χ2v) is 7.41. The van der Waals surface area contributed by atoms with Crippen molar-refractivity contribution in [1.82, 2.24) is 10.2 Å². The third kappa shape index (κ3) is 4.38. The smallest absolute Gasteiger partial charge is 0.276 e. The Morgan fingerprint density at radius 3 is 2.86 bits per heavy atom. The normalized spacial score (nSPS) is 20.8. The van der Waals surface area contributed by atoms with E-state index in [2.05, 4.69) is 5.32 Å². The first-order chi connectivity index (χ1) is 13.6. The molecule has 6 nitrogen and oxygen atoms in total. The first-order valence-corrected chi connectivity index (χ1v) is 9.80. The fourth-order valence-electron chi connectivity index (χ4n) is 3.11. The topological polar surface area (TPSA) is 63.9 Å². The van der Waals surface area contributed by atoms with Crippen LogP contribution in [0.4, 0.5) is 0 Å². The molecular formula is C20H19ClN2O4S.